The van der Waals surface area contributed by atoms with Crippen LogP contribution in [-0.4, -0.2) is 44.4 Å². The number of hydrogen-bond donors (Lipinski definition) is 2. The zero-order valence-electron chi connectivity index (χ0n) is 12.1. The highest BCUT2D eigenvalue weighted by Crippen LogP contribution is 2.17. The number of rotatable bonds is 7. The number of nitrogens with zero attached hydrogens (tertiary/aromatic N) is 3. The van der Waals surface area contributed by atoms with Crippen LogP contribution in [0, 0.1) is 6.92 Å². The third kappa shape index (κ3) is 5.11. The normalized spacial score (nSPS) is 10.5. The Labute approximate surface area is 135 Å². The number of anilines is 1. The Balaban J connectivity index is 1.79. The Morgan fingerprint density at radius 1 is 1.45 bits per heavy atom. The van der Waals surface area contributed by atoms with Crippen LogP contribution in [0.3, 0.4) is 0 Å². The lowest BCUT2D eigenvalue weighted by atomic mass is 10.3. The van der Waals surface area contributed by atoms with Gasteiger partial charge in [-0.2, -0.15) is 0 Å². The number of thiazole rings is 1. The SMILES string of the molecule is CCOC(=O)Cc1csc(NC(=O)CSc2n[nH]c(C)n2)n1. The molecule has 10 heteroatoms. The van der Waals surface area contributed by atoms with E-state index in [1.54, 1.807) is 19.2 Å². The molecule has 0 saturated carbocycles. The van der Waals surface area contributed by atoms with Crippen LogP contribution in [-0.2, 0) is 20.7 Å². The molecule has 0 aliphatic heterocycles. The van der Waals surface area contributed by atoms with Gasteiger partial charge in [-0.1, -0.05) is 11.8 Å². The molecule has 0 spiro atoms. The fourth-order valence-electron chi connectivity index (χ4n) is 1.48. The van der Waals surface area contributed by atoms with Gasteiger partial charge in [0.25, 0.3) is 0 Å². The summed E-state index contributed by atoms with van der Waals surface area (Å²) in [5.41, 5.74) is 0.580. The molecule has 0 unspecified atom stereocenters. The number of aromatic nitrogens is 4. The van der Waals surface area contributed by atoms with Crippen molar-refractivity contribution in [3.63, 3.8) is 0 Å². The number of nitrogens with one attached hydrogen (secondary N) is 2. The molecule has 0 atom stereocenters. The van der Waals surface area contributed by atoms with Gasteiger partial charge in [-0.05, 0) is 13.8 Å². The Morgan fingerprint density at radius 2 is 2.27 bits per heavy atom. The van der Waals surface area contributed by atoms with Crippen molar-refractivity contribution in [2.24, 2.45) is 0 Å². The predicted octanol–water partition coefficient (Wildman–Crippen LogP) is 1.41. The molecule has 0 aliphatic carbocycles. The summed E-state index contributed by atoms with van der Waals surface area (Å²) in [6, 6.07) is 0. The van der Waals surface area contributed by atoms with Gasteiger partial charge in [-0.25, -0.2) is 9.97 Å². The number of aryl methyl sites for hydroxylation is 1. The molecule has 2 N–H and O–H groups in total. The van der Waals surface area contributed by atoms with Crippen molar-refractivity contribution in [2.75, 3.05) is 17.7 Å². The van der Waals surface area contributed by atoms with E-state index in [-0.39, 0.29) is 24.1 Å². The van der Waals surface area contributed by atoms with E-state index in [1.165, 1.54) is 23.1 Å². The highest BCUT2D eigenvalue weighted by molar-refractivity contribution is 7.99. The van der Waals surface area contributed by atoms with Gasteiger partial charge >= 0.3 is 5.97 Å². The van der Waals surface area contributed by atoms with E-state index in [4.69, 9.17) is 4.74 Å². The van der Waals surface area contributed by atoms with E-state index in [9.17, 15) is 9.59 Å². The molecule has 2 aromatic heterocycles. The summed E-state index contributed by atoms with van der Waals surface area (Å²) in [5, 5.41) is 12.0. The van der Waals surface area contributed by atoms with Gasteiger partial charge in [0.1, 0.15) is 5.82 Å². The van der Waals surface area contributed by atoms with E-state index in [1.807, 2.05) is 0 Å². The van der Waals surface area contributed by atoms with Gasteiger partial charge in [-0.3, -0.25) is 14.7 Å². The molecule has 0 saturated heterocycles. The second kappa shape index (κ2) is 7.90. The molecule has 2 aromatic rings. The van der Waals surface area contributed by atoms with Gasteiger partial charge in [0, 0.05) is 5.38 Å². The Bertz CT molecular complexity index is 655. The predicted molar refractivity (Wildman–Crippen MR) is 82.9 cm³/mol. The van der Waals surface area contributed by atoms with E-state index in [0.29, 0.717) is 28.4 Å². The maximum atomic E-state index is 11.8. The van der Waals surface area contributed by atoms with Crippen molar-refractivity contribution in [3.05, 3.63) is 16.9 Å². The first-order chi connectivity index (χ1) is 10.6. The monoisotopic (exact) mass is 341 g/mol. The number of carbonyl (C=O) groups is 2. The van der Waals surface area contributed by atoms with Crippen molar-refractivity contribution in [2.45, 2.75) is 25.4 Å². The lowest BCUT2D eigenvalue weighted by molar-refractivity contribution is -0.142. The largest absolute Gasteiger partial charge is 0.466 e. The van der Waals surface area contributed by atoms with E-state index < -0.39 is 0 Å². The summed E-state index contributed by atoms with van der Waals surface area (Å²) < 4.78 is 4.84. The zero-order valence-corrected chi connectivity index (χ0v) is 13.7. The van der Waals surface area contributed by atoms with Crippen LogP contribution in [0.15, 0.2) is 10.5 Å². The van der Waals surface area contributed by atoms with Gasteiger partial charge in [0.2, 0.25) is 11.1 Å². The Morgan fingerprint density at radius 3 is 2.95 bits per heavy atom. The molecule has 2 rings (SSSR count). The molecule has 8 nitrogen and oxygen atoms in total. The van der Waals surface area contributed by atoms with Gasteiger partial charge in [0.05, 0.1) is 24.5 Å². The second-order valence-electron chi connectivity index (χ2n) is 4.17. The van der Waals surface area contributed by atoms with Crippen LogP contribution in [0.25, 0.3) is 0 Å². The number of aromatic amines is 1. The first kappa shape index (κ1) is 16.4. The minimum absolute atomic E-state index is 0.103. The molecule has 0 aromatic carbocycles. The van der Waals surface area contributed by atoms with Crippen LogP contribution < -0.4 is 5.32 Å². The maximum Gasteiger partial charge on any atom is 0.311 e. The van der Waals surface area contributed by atoms with E-state index in [0.717, 1.165) is 0 Å². The minimum atomic E-state index is -0.332. The Hall–Kier alpha value is -1.94. The highest BCUT2D eigenvalue weighted by Gasteiger charge is 2.11. The molecule has 1 amide bonds. The number of ether oxygens (including phenoxy) is 1. The quantitative estimate of drug-likeness (QED) is 0.578. The Kier molecular flexibility index (Phi) is 5.90. The van der Waals surface area contributed by atoms with Crippen molar-refractivity contribution in [1.82, 2.24) is 20.2 Å². The van der Waals surface area contributed by atoms with Gasteiger partial charge < -0.3 is 10.1 Å². The molecule has 22 heavy (non-hydrogen) atoms. The summed E-state index contributed by atoms with van der Waals surface area (Å²) in [4.78, 5) is 31.4. The summed E-state index contributed by atoms with van der Waals surface area (Å²) in [5.74, 6) is 0.349. The van der Waals surface area contributed by atoms with Gasteiger partial charge in [0.15, 0.2) is 5.13 Å². The average molecular weight is 341 g/mol. The molecular weight excluding hydrogens is 326 g/mol. The molecule has 0 fully saturated rings. The molecule has 2 heterocycles. The number of amides is 1. The zero-order chi connectivity index (χ0) is 15.9. The molecule has 118 valence electrons. The second-order valence-corrected chi connectivity index (χ2v) is 5.97. The number of esters is 1. The minimum Gasteiger partial charge on any atom is -0.466 e. The highest BCUT2D eigenvalue weighted by atomic mass is 32.2. The number of H-pyrrole nitrogens is 1. The van der Waals surface area contributed by atoms with Crippen LogP contribution in [0.1, 0.15) is 18.4 Å². The fourth-order valence-corrected chi connectivity index (χ4v) is 2.85. The van der Waals surface area contributed by atoms with Crippen molar-refractivity contribution in [1.29, 1.82) is 0 Å². The van der Waals surface area contributed by atoms with Crippen LogP contribution >= 0.6 is 23.1 Å². The summed E-state index contributed by atoms with van der Waals surface area (Å²) >= 11 is 2.50. The van der Waals surface area contributed by atoms with Crippen LogP contribution in [0.2, 0.25) is 0 Å². The third-order valence-corrected chi connectivity index (χ3v) is 3.99. The lowest BCUT2D eigenvalue weighted by Gasteiger charge is -2.00. The van der Waals surface area contributed by atoms with Gasteiger partial charge in [-0.15, -0.1) is 16.4 Å². The number of thioether (sulfide) groups is 1. The van der Waals surface area contributed by atoms with Crippen LogP contribution in [0.5, 0.6) is 0 Å². The van der Waals surface area contributed by atoms with Crippen molar-refractivity contribution < 1.29 is 14.3 Å². The van der Waals surface area contributed by atoms with Crippen molar-refractivity contribution >= 4 is 40.1 Å². The number of carbonyl (C=O) groups excluding carboxylic acids is 2. The summed E-state index contributed by atoms with van der Waals surface area (Å²) in [6.45, 7) is 3.88. The molecule has 0 aliphatic rings. The topological polar surface area (TPSA) is 110 Å². The third-order valence-electron chi connectivity index (χ3n) is 2.34. The first-order valence-electron chi connectivity index (χ1n) is 6.48. The van der Waals surface area contributed by atoms with E-state index in [2.05, 4.69) is 25.5 Å². The molecular formula is C12H15N5O3S2. The fraction of sp³-hybridized carbons (Fsp3) is 0.417. The molecule has 0 radical (unpaired) electrons. The first-order valence-corrected chi connectivity index (χ1v) is 8.35. The maximum absolute atomic E-state index is 11.8. The number of hydrogen-bond acceptors (Lipinski definition) is 8. The smallest absolute Gasteiger partial charge is 0.311 e. The van der Waals surface area contributed by atoms with Crippen LogP contribution in [0.4, 0.5) is 5.13 Å². The standard InChI is InChI=1S/C12H15N5O3S2/c1-3-20-10(19)4-8-5-21-11(14-8)15-9(18)6-22-12-13-7(2)16-17-12/h5H,3-4,6H2,1-2H3,(H,13,16,17)(H,14,15,18). The summed E-state index contributed by atoms with van der Waals surface area (Å²) in [6.07, 6.45) is 0.103. The van der Waals surface area contributed by atoms with Crippen molar-refractivity contribution in [3.8, 4) is 0 Å². The lowest BCUT2D eigenvalue weighted by Crippen LogP contribution is -2.14. The van der Waals surface area contributed by atoms with E-state index >= 15 is 0 Å². The molecule has 0 bridgehead atoms. The average Bonchev–Trinajstić information content (AvgIpc) is 3.06. The summed E-state index contributed by atoms with van der Waals surface area (Å²) in [7, 11) is 0.